The highest BCUT2D eigenvalue weighted by molar-refractivity contribution is 7.80. The molecular weight excluding hydrogens is 240 g/mol. The third kappa shape index (κ3) is 2.16. The highest BCUT2D eigenvalue weighted by Gasteiger charge is 2.11. The minimum atomic E-state index is -0.693. The van der Waals surface area contributed by atoms with Crippen molar-refractivity contribution in [2.75, 3.05) is 0 Å². The van der Waals surface area contributed by atoms with Crippen LogP contribution in [-0.2, 0) is 0 Å². The van der Waals surface area contributed by atoms with Crippen LogP contribution in [0.25, 0.3) is 11.0 Å². The molecule has 17 heavy (non-hydrogen) atoms. The van der Waals surface area contributed by atoms with Crippen molar-refractivity contribution in [3.05, 3.63) is 40.2 Å². The van der Waals surface area contributed by atoms with Crippen LogP contribution >= 0.6 is 12.2 Å². The summed E-state index contributed by atoms with van der Waals surface area (Å²) in [5, 5.41) is 10.2. The van der Waals surface area contributed by atoms with Crippen LogP contribution in [0, 0.1) is 0 Å². The van der Waals surface area contributed by atoms with Gasteiger partial charge in [0.05, 0.1) is 5.39 Å². The molecule has 0 amide bonds. The Bertz CT molecular complexity index is 676. The summed E-state index contributed by atoms with van der Waals surface area (Å²) in [5.74, 6) is -0.197. The van der Waals surface area contributed by atoms with Gasteiger partial charge in [0.25, 0.3) is 0 Å². The number of nitrogens with zero attached hydrogens (tertiary/aromatic N) is 1. The summed E-state index contributed by atoms with van der Waals surface area (Å²) in [5.41, 5.74) is 4.71. The monoisotopic (exact) mass is 248 g/mol. The van der Waals surface area contributed by atoms with Gasteiger partial charge in [-0.05, 0) is 24.4 Å². The normalized spacial score (nSPS) is 11.1. The Morgan fingerprint density at radius 1 is 1.47 bits per heavy atom. The highest BCUT2D eigenvalue weighted by Crippen LogP contribution is 2.24. The fourth-order valence-electron chi connectivity index (χ4n) is 1.39. The number of hydrogen-bond donors (Lipinski definition) is 2. The van der Waals surface area contributed by atoms with Gasteiger partial charge < -0.3 is 15.3 Å². The van der Waals surface area contributed by atoms with E-state index >= 15 is 0 Å². The molecule has 1 aromatic carbocycles. The molecule has 6 heteroatoms. The molecule has 0 saturated carbocycles. The predicted molar refractivity (Wildman–Crippen MR) is 68.5 cm³/mol. The van der Waals surface area contributed by atoms with Crippen molar-refractivity contribution < 1.29 is 9.52 Å². The van der Waals surface area contributed by atoms with Crippen LogP contribution in [0.5, 0.6) is 5.75 Å². The number of aromatic hydroxyl groups is 1. The Morgan fingerprint density at radius 2 is 2.18 bits per heavy atom. The number of thiocarbonyl (C=S) groups is 1. The summed E-state index contributed by atoms with van der Waals surface area (Å²) < 4.78 is 5.02. The molecule has 3 N–H and O–H groups in total. The Hall–Kier alpha value is -2.21. The molecule has 0 fully saturated rings. The predicted octanol–water partition coefficient (Wildman–Crippen LogP) is 1.16. The molecule has 5 nitrogen and oxygen atoms in total. The molecule has 0 aliphatic carbocycles. The van der Waals surface area contributed by atoms with E-state index in [1.807, 2.05) is 0 Å². The molecule has 0 spiro atoms. The quantitative estimate of drug-likeness (QED) is 0.449. The first-order chi connectivity index (χ1) is 8.09. The molecular formula is C11H8N2O3S. The maximum atomic E-state index is 11.6. The van der Waals surface area contributed by atoms with E-state index in [1.54, 1.807) is 24.3 Å². The lowest BCUT2D eigenvalue weighted by Crippen LogP contribution is -2.10. The smallest absolute Gasteiger partial charge is 0.348 e. The van der Waals surface area contributed by atoms with Gasteiger partial charge in [-0.3, -0.25) is 0 Å². The van der Waals surface area contributed by atoms with Crippen molar-refractivity contribution in [2.24, 2.45) is 10.7 Å². The number of nitrogens with two attached hydrogens (primary N) is 1. The average Bonchev–Trinajstić information content (AvgIpc) is 2.28. The van der Waals surface area contributed by atoms with Crippen molar-refractivity contribution in [3.63, 3.8) is 0 Å². The summed E-state index contributed by atoms with van der Waals surface area (Å²) in [6, 6.07) is 6.64. The summed E-state index contributed by atoms with van der Waals surface area (Å²) in [4.78, 5) is 15.2. The first-order valence-electron chi connectivity index (χ1n) is 4.68. The number of benzene rings is 1. The Labute approximate surface area is 101 Å². The van der Waals surface area contributed by atoms with Crippen LogP contribution in [0.15, 0.2) is 38.5 Å². The zero-order valence-electron chi connectivity index (χ0n) is 8.58. The van der Waals surface area contributed by atoms with Gasteiger partial charge in [-0.15, -0.1) is 0 Å². The average molecular weight is 248 g/mol. The van der Waals surface area contributed by atoms with Crippen molar-refractivity contribution in [1.29, 1.82) is 0 Å². The molecule has 2 aromatic rings. The van der Waals surface area contributed by atoms with E-state index in [1.165, 1.54) is 0 Å². The van der Waals surface area contributed by atoms with Crippen LogP contribution < -0.4 is 11.4 Å². The van der Waals surface area contributed by atoms with Gasteiger partial charge in [0.15, 0.2) is 5.11 Å². The lowest BCUT2D eigenvalue weighted by Gasteiger charge is -2.01. The first kappa shape index (κ1) is 11.3. The van der Waals surface area contributed by atoms with Gasteiger partial charge in [0.1, 0.15) is 16.9 Å². The van der Waals surface area contributed by atoms with Gasteiger partial charge >= 0.3 is 5.63 Å². The van der Waals surface area contributed by atoms with E-state index < -0.39 is 5.63 Å². The number of rotatable bonds is 1. The summed E-state index contributed by atoms with van der Waals surface area (Å²) in [6.45, 7) is 0. The number of aliphatic imine (C=N–C) groups is 1. The minimum Gasteiger partial charge on any atom is -0.506 e. The van der Waals surface area contributed by atoms with Gasteiger partial charge in [-0.2, -0.15) is 0 Å². The maximum absolute atomic E-state index is 11.6. The van der Waals surface area contributed by atoms with Crippen LogP contribution in [-0.4, -0.2) is 16.4 Å². The Kier molecular flexibility index (Phi) is 2.88. The van der Waals surface area contributed by atoms with E-state index in [2.05, 4.69) is 17.2 Å². The van der Waals surface area contributed by atoms with Crippen molar-refractivity contribution >= 4 is 34.5 Å². The maximum Gasteiger partial charge on any atom is 0.348 e. The van der Waals surface area contributed by atoms with E-state index in [4.69, 9.17) is 10.2 Å². The van der Waals surface area contributed by atoms with Crippen molar-refractivity contribution in [3.8, 4) is 5.75 Å². The minimum absolute atomic E-state index is 0.0727. The third-order valence-corrected chi connectivity index (χ3v) is 2.25. The van der Waals surface area contributed by atoms with Gasteiger partial charge in [0.2, 0.25) is 0 Å². The van der Waals surface area contributed by atoms with Crippen LogP contribution in [0.3, 0.4) is 0 Å². The van der Waals surface area contributed by atoms with Crippen LogP contribution in [0.2, 0.25) is 0 Å². The molecule has 0 atom stereocenters. The number of para-hydroxylation sites is 1. The largest absolute Gasteiger partial charge is 0.506 e. The molecule has 0 aliphatic heterocycles. The fraction of sp³-hybridized carbons (Fsp3) is 0. The zero-order chi connectivity index (χ0) is 12.4. The van der Waals surface area contributed by atoms with Gasteiger partial charge in [0, 0.05) is 6.21 Å². The number of fused-ring (bicyclic) bond motifs is 1. The Morgan fingerprint density at radius 3 is 2.88 bits per heavy atom. The number of hydrogen-bond acceptors (Lipinski definition) is 4. The topological polar surface area (TPSA) is 88.8 Å². The summed E-state index contributed by atoms with van der Waals surface area (Å²) in [6.07, 6.45) is 1.09. The molecule has 0 aliphatic rings. The highest BCUT2D eigenvalue weighted by atomic mass is 32.1. The lowest BCUT2D eigenvalue weighted by molar-refractivity contribution is 0.466. The standard InChI is InChI=1S/C11H8N2O3S/c12-11(17)13-5-7-9(14)6-3-1-2-4-8(6)16-10(7)15/h1-5,14H,(H2,12,17). The molecule has 86 valence electrons. The van der Waals surface area contributed by atoms with Gasteiger partial charge in [-0.1, -0.05) is 12.1 Å². The molecule has 0 unspecified atom stereocenters. The van der Waals surface area contributed by atoms with Gasteiger partial charge in [-0.25, -0.2) is 9.79 Å². The summed E-state index contributed by atoms with van der Waals surface area (Å²) >= 11 is 4.54. The van der Waals surface area contributed by atoms with Crippen LogP contribution in [0.1, 0.15) is 5.56 Å². The second kappa shape index (κ2) is 4.34. The van der Waals surface area contributed by atoms with E-state index in [0.717, 1.165) is 6.21 Å². The van der Waals surface area contributed by atoms with E-state index in [9.17, 15) is 9.90 Å². The SMILES string of the molecule is NC(=S)N=Cc1c(O)c2ccccc2oc1=O. The second-order valence-corrected chi connectivity index (χ2v) is 3.66. The zero-order valence-corrected chi connectivity index (χ0v) is 9.40. The molecule has 1 heterocycles. The Balaban J connectivity index is 2.72. The van der Waals surface area contributed by atoms with Crippen molar-refractivity contribution in [2.45, 2.75) is 0 Å². The summed E-state index contributed by atoms with van der Waals surface area (Å²) in [7, 11) is 0. The van der Waals surface area contributed by atoms with Crippen molar-refractivity contribution in [1.82, 2.24) is 0 Å². The molecule has 1 aromatic heterocycles. The molecule has 0 radical (unpaired) electrons. The fourth-order valence-corrected chi connectivity index (χ4v) is 1.44. The van der Waals surface area contributed by atoms with Crippen LogP contribution in [0.4, 0.5) is 0 Å². The second-order valence-electron chi connectivity index (χ2n) is 3.24. The van der Waals surface area contributed by atoms with E-state index in [-0.39, 0.29) is 16.4 Å². The first-order valence-corrected chi connectivity index (χ1v) is 5.08. The molecule has 0 bridgehead atoms. The lowest BCUT2D eigenvalue weighted by atomic mass is 10.1. The molecule has 0 saturated heterocycles. The third-order valence-electron chi connectivity index (χ3n) is 2.14. The van der Waals surface area contributed by atoms with E-state index in [0.29, 0.717) is 11.0 Å². The molecule has 2 rings (SSSR count).